The van der Waals surface area contributed by atoms with E-state index in [-0.39, 0.29) is 17.0 Å². The van der Waals surface area contributed by atoms with Crippen molar-refractivity contribution in [1.29, 1.82) is 5.26 Å². The predicted molar refractivity (Wildman–Crippen MR) is 83.0 cm³/mol. The van der Waals surface area contributed by atoms with E-state index < -0.39 is 11.9 Å². The number of esters is 1. The van der Waals surface area contributed by atoms with Gasteiger partial charge in [-0.1, -0.05) is 25.1 Å². The summed E-state index contributed by atoms with van der Waals surface area (Å²) < 4.78 is 15.7. The number of nitriles is 1. The second-order valence-electron chi connectivity index (χ2n) is 4.85. The van der Waals surface area contributed by atoms with Crippen LogP contribution in [-0.2, 0) is 14.3 Å². The van der Waals surface area contributed by atoms with E-state index in [1.54, 1.807) is 18.2 Å². The van der Waals surface area contributed by atoms with Crippen LogP contribution in [0.4, 0.5) is 0 Å². The Balaban J connectivity index is 2.74. The maximum Gasteiger partial charge on any atom is 0.338 e. The number of nitrogens with two attached hydrogens (primary N) is 1. The molecule has 2 rings (SSSR count). The van der Waals surface area contributed by atoms with Crippen LogP contribution in [0, 0.1) is 11.3 Å². The van der Waals surface area contributed by atoms with Crippen LogP contribution in [0.15, 0.2) is 47.1 Å². The van der Waals surface area contributed by atoms with Crippen LogP contribution in [0.3, 0.4) is 0 Å². The summed E-state index contributed by atoms with van der Waals surface area (Å²) in [5, 5.41) is 9.50. The summed E-state index contributed by atoms with van der Waals surface area (Å²) >= 11 is 0. The second kappa shape index (κ2) is 6.88. The Hall–Kier alpha value is -2.94. The molecule has 2 N–H and O–H groups in total. The maximum atomic E-state index is 12.3. The average Bonchev–Trinajstić information content (AvgIpc) is 2.59. The summed E-state index contributed by atoms with van der Waals surface area (Å²) in [6, 6.07) is 9.20. The highest BCUT2D eigenvalue weighted by molar-refractivity contribution is 5.92. The number of benzene rings is 1. The van der Waals surface area contributed by atoms with Gasteiger partial charge in [-0.05, 0) is 6.07 Å². The zero-order valence-electron chi connectivity index (χ0n) is 13.3. The van der Waals surface area contributed by atoms with Crippen molar-refractivity contribution in [1.82, 2.24) is 0 Å². The third-order valence-electron chi connectivity index (χ3n) is 3.67. The molecule has 0 spiro atoms. The van der Waals surface area contributed by atoms with Gasteiger partial charge in [0, 0.05) is 12.0 Å². The number of allylic oxidation sites excluding steroid dienone is 2. The molecule has 0 saturated carbocycles. The topological polar surface area (TPSA) is 94.6 Å². The molecule has 0 aromatic heterocycles. The van der Waals surface area contributed by atoms with E-state index in [9.17, 15) is 10.1 Å². The molecule has 0 fully saturated rings. The predicted octanol–water partition coefficient (Wildman–Crippen LogP) is 2.34. The van der Waals surface area contributed by atoms with Crippen molar-refractivity contribution in [3.8, 4) is 11.8 Å². The highest BCUT2D eigenvalue weighted by Crippen LogP contribution is 2.43. The molecule has 1 aliphatic rings. The number of carbonyl (C=O) groups is 1. The van der Waals surface area contributed by atoms with Crippen molar-refractivity contribution in [3.05, 3.63) is 52.6 Å². The summed E-state index contributed by atoms with van der Waals surface area (Å²) in [7, 11) is 2.81. The molecule has 0 aliphatic carbocycles. The molecule has 1 aromatic rings. The number of hydrogen-bond acceptors (Lipinski definition) is 6. The van der Waals surface area contributed by atoms with Gasteiger partial charge in [0.05, 0.1) is 25.7 Å². The summed E-state index contributed by atoms with van der Waals surface area (Å²) in [5.41, 5.74) is 6.97. The van der Waals surface area contributed by atoms with Crippen molar-refractivity contribution >= 4 is 5.97 Å². The molecule has 0 bridgehead atoms. The van der Waals surface area contributed by atoms with Crippen molar-refractivity contribution in [2.75, 3.05) is 14.2 Å². The third-order valence-corrected chi connectivity index (χ3v) is 3.67. The minimum absolute atomic E-state index is 0.00657. The van der Waals surface area contributed by atoms with Crippen LogP contribution in [0.1, 0.15) is 24.8 Å². The van der Waals surface area contributed by atoms with Gasteiger partial charge in [-0.25, -0.2) is 4.79 Å². The van der Waals surface area contributed by atoms with Crippen molar-refractivity contribution in [2.24, 2.45) is 5.73 Å². The molecule has 0 radical (unpaired) electrons. The fourth-order valence-electron chi connectivity index (χ4n) is 2.63. The number of nitrogens with zero attached hydrogens (tertiary/aromatic N) is 1. The molecule has 1 aromatic carbocycles. The summed E-state index contributed by atoms with van der Waals surface area (Å²) in [4.78, 5) is 12.3. The van der Waals surface area contributed by atoms with Gasteiger partial charge >= 0.3 is 5.97 Å². The largest absolute Gasteiger partial charge is 0.496 e. The Morgan fingerprint density at radius 1 is 1.39 bits per heavy atom. The molecule has 6 heteroatoms. The lowest BCUT2D eigenvalue weighted by atomic mass is 9.82. The van der Waals surface area contributed by atoms with Gasteiger partial charge in [0.1, 0.15) is 23.2 Å². The molecule has 0 amide bonds. The fraction of sp³-hybridized carbons (Fsp3) is 0.294. The molecule has 1 atom stereocenters. The van der Waals surface area contributed by atoms with Crippen LogP contribution >= 0.6 is 0 Å². The minimum atomic E-state index is -0.688. The van der Waals surface area contributed by atoms with Gasteiger partial charge in [-0.15, -0.1) is 0 Å². The molecular formula is C17H18N2O4. The van der Waals surface area contributed by atoms with E-state index in [1.165, 1.54) is 14.2 Å². The summed E-state index contributed by atoms with van der Waals surface area (Å²) in [6.07, 6.45) is 0.440. The molecule has 0 saturated heterocycles. The normalized spacial score (nSPS) is 17.4. The molecular weight excluding hydrogens is 296 g/mol. The molecule has 6 nitrogen and oxygen atoms in total. The summed E-state index contributed by atoms with van der Waals surface area (Å²) in [6.45, 7) is 1.84. The number of para-hydroxylation sites is 1. The Kier molecular flexibility index (Phi) is 4.91. The number of methoxy groups -OCH3 is 2. The monoisotopic (exact) mass is 314 g/mol. The van der Waals surface area contributed by atoms with Gasteiger partial charge in [-0.3, -0.25) is 0 Å². The lowest BCUT2D eigenvalue weighted by molar-refractivity contribution is -0.136. The number of ether oxygens (including phenoxy) is 3. The quantitative estimate of drug-likeness (QED) is 0.857. The molecule has 120 valence electrons. The standard InChI is InChI=1S/C17H18N2O4/c1-4-12-15(17(20)22-3)14(11(9-18)16(19)23-12)10-7-5-6-8-13(10)21-2/h5-8,14H,4,19H2,1-3H3/t14-/m0/s1. The maximum absolute atomic E-state index is 12.3. The lowest BCUT2D eigenvalue weighted by Gasteiger charge is -2.28. The Bertz CT molecular complexity index is 728. The van der Waals surface area contributed by atoms with Crippen LogP contribution in [0.5, 0.6) is 5.75 Å². The van der Waals surface area contributed by atoms with E-state index in [4.69, 9.17) is 19.9 Å². The lowest BCUT2D eigenvalue weighted by Crippen LogP contribution is -2.26. The first-order valence-corrected chi connectivity index (χ1v) is 7.10. The first-order chi connectivity index (χ1) is 11.1. The highest BCUT2D eigenvalue weighted by atomic mass is 16.5. The first kappa shape index (κ1) is 16.4. The third kappa shape index (κ3) is 2.86. The van der Waals surface area contributed by atoms with E-state index in [0.717, 1.165) is 0 Å². The summed E-state index contributed by atoms with van der Waals surface area (Å²) in [5.74, 6) is -0.306. The zero-order chi connectivity index (χ0) is 17.0. The molecule has 1 aliphatic heterocycles. The van der Waals surface area contributed by atoms with Crippen LogP contribution in [-0.4, -0.2) is 20.2 Å². The Morgan fingerprint density at radius 2 is 2.09 bits per heavy atom. The fourth-order valence-corrected chi connectivity index (χ4v) is 2.63. The average molecular weight is 314 g/mol. The van der Waals surface area contributed by atoms with Gasteiger partial charge < -0.3 is 19.9 Å². The van der Waals surface area contributed by atoms with Crippen molar-refractivity contribution < 1.29 is 19.0 Å². The molecule has 1 heterocycles. The second-order valence-corrected chi connectivity index (χ2v) is 4.85. The van der Waals surface area contributed by atoms with Crippen molar-refractivity contribution in [2.45, 2.75) is 19.3 Å². The SMILES string of the molecule is CCC1=C(C(=O)OC)[C@@H](c2ccccc2OC)C(C#N)=C(N)O1. The number of carbonyl (C=O) groups excluding carboxylic acids is 1. The Morgan fingerprint density at radius 3 is 2.65 bits per heavy atom. The van der Waals surface area contributed by atoms with E-state index in [2.05, 4.69) is 0 Å². The van der Waals surface area contributed by atoms with E-state index in [1.807, 2.05) is 19.1 Å². The van der Waals surface area contributed by atoms with Crippen molar-refractivity contribution in [3.63, 3.8) is 0 Å². The van der Waals surface area contributed by atoms with Crippen LogP contribution in [0.25, 0.3) is 0 Å². The smallest absolute Gasteiger partial charge is 0.338 e. The van der Waals surface area contributed by atoms with E-state index >= 15 is 0 Å². The van der Waals surface area contributed by atoms with Gasteiger partial charge in [0.2, 0.25) is 5.88 Å². The molecule has 23 heavy (non-hydrogen) atoms. The Labute approximate surface area is 134 Å². The first-order valence-electron chi connectivity index (χ1n) is 7.10. The zero-order valence-corrected chi connectivity index (χ0v) is 13.3. The molecule has 0 unspecified atom stereocenters. The number of hydrogen-bond donors (Lipinski definition) is 1. The van der Waals surface area contributed by atoms with E-state index in [0.29, 0.717) is 23.5 Å². The van der Waals surface area contributed by atoms with Gasteiger partial charge in [-0.2, -0.15) is 5.26 Å². The highest BCUT2D eigenvalue weighted by Gasteiger charge is 2.38. The van der Waals surface area contributed by atoms with Gasteiger partial charge in [0.25, 0.3) is 0 Å². The minimum Gasteiger partial charge on any atom is -0.496 e. The van der Waals surface area contributed by atoms with Crippen LogP contribution < -0.4 is 10.5 Å². The van der Waals surface area contributed by atoms with Crippen LogP contribution in [0.2, 0.25) is 0 Å². The number of rotatable bonds is 4. The van der Waals surface area contributed by atoms with Gasteiger partial charge in [0.15, 0.2) is 0 Å².